The summed E-state index contributed by atoms with van der Waals surface area (Å²) in [4.78, 5) is 19.9. The van der Waals surface area contributed by atoms with Crippen LogP contribution in [0, 0.1) is 6.92 Å². The summed E-state index contributed by atoms with van der Waals surface area (Å²) in [6.07, 6.45) is 2.60. The molecule has 3 aromatic rings. The molecule has 0 saturated carbocycles. The van der Waals surface area contributed by atoms with E-state index in [1.54, 1.807) is 7.11 Å². The van der Waals surface area contributed by atoms with Gasteiger partial charge in [-0.2, -0.15) is 0 Å². The molecular weight excluding hydrogens is 390 g/mol. The summed E-state index contributed by atoms with van der Waals surface area (Å²) in [6, 6.07) is 13.9. The monoisotopic (exact) mass is 419 g/mol. The minimum Gasteiger partial charge on any atom is -0.380 e. The molecule has 1 saturated heterocycles. The van der Waals surface area contributed by atoms with E-state index >= 15 is 0 Å². The van der Waals surface area contributed by atoms with Crippen LogP contribution in [0.3, 0.4) is 0 Å². The quantitative estimate of drug-likeness (QED) is 0.575. The van der Waals surface area contributed by atoms with Crippen LogP contribution in [0.1, 0.15) is 58.8 Å². The van der Waals surface area contributed by atoms with Gasteiger partial charge in [0.1, 0.15) is 5.76 Å². The third kappa shape index (κ3) is 4.54. The van der Waals surface area contributed by atoms with E-state index in [1.165, 1.54) is 0 Å². The molecule has 162 valence electrons. The smallest absolute Gasteiger partial charge is 0.253 e. The number of hydrogen-bond acceptors (Lipinski definition) is 5. The molecule has 31 heavy (non-hydrogen) atoms. The Balaban J connectivity index is 1.45. The van der Waals surface area contributed by atoms with Gasteiger partial charge >= 0.3 is 0 Å². The number of pyridine rings is 1. The molecule has 0 radical (unpaired) electrons. The van der Waals surface area contributed by atoms with E-state index in [-0.39, 0.29) is 5.91 Å². The number of carbonyl (C=O) groups is 1. The number of aryl methyl sites for hydroxylation is 2. The molecule has 1 aromatic carbocycles. The van der Waals surface area contributed by atoms with Crippen molar-refractivity contribution in [1.29, 1.82) is 0 Å². The molecule has 0 unspecified atom stereocenters. The Morgan fingerprint density at radius 1 is 1.19 bits per heavy atom. The molecule has 1 amide bonds. The van der Waals surface area contributed by atoms with Crippen LogP contribution in [0.15, 0.2) is 47.0 Å². The van der Waals surface area contributed by atoms with Gasteiger partial charge in [-0.1, -0.05) is 30.3 Å². The molecule has 6 nitrogen and oxygen atoms in total. The number of amides is 1. The van der Waals surface area contributed by atoms with E-state index < -0.39 is 0 Å². The summed E-state index contributed by atoms with van der Waals surface area (Å²) >= 11 is 0. The van der Waals surface area contributed by atoms with Gasteiger partial charge in [-0.3, -0.25) is 9.78 Å². The predicted octanol–water partition coefficient (Wildman–Crippen LogP) is 4.77. The first-order valence-electron chi connectivity index (χ1n) is 10.9. The molecule has 1 fully saturated rings. The van der Waals surface area contributed by atoms with Crippen molar-refractivity contribution in [3.05, 3.63) is 70.7 Å². The Labute approximate surface area is 183 Å². The van der Waals surface area contributed by atoms with Gasteiger partial charge in [0, 0.05) is 43.8 Å². The number of piperidine rings is 1. The summed E-state index contributed by atoms with van der Waals surface area (Å²) in [5.41, 5.74) is 5.62. The second-order valence-corrected chi connectivity index (χ2v) is 8.07. The van der Waals surface area contributed by atoms with Crippen LogP contribution in [0.5, 0.6) is 0 Å². The van der Waals surface area contributed by atoms with Gasteiger partial charge in [-0.15, -0.1) is 0 Å². The van der Waals surface area contributed by atoms with Gasteiger partial charge in [0.25, 0.3) is 5.91 Å². The lowest BCUT2D eigenvalue weighted by molar-refractivity contribution is 0.0711. The average molecular weight is 420 g/mol. The highest BCUT2D eigenvalue weighted by Gasteiger charge is 2.26. The number of likely N-dealkylation sites (tertiary alicyclic amines) is 1. The zero-order chi connectivity index (χ0) is 21.8. The fraction of sp³-hybridized carbons (Fsp3) is 0.400. The van der Waals surface area contributed by atoms with E-state index in [2.05, 4.69) is 24.2 Å². The third-order valence-corrected chi connectivity index (χ3v) is 5.97. The first kappa shape index (κ1) is 21.2. The molecule has 4 rings (SSSR count). The minimum absolute atomic E-state index is 0.0887. The van der Waals surface area contributed by atoms with Gasteiger partial charge in [0.05, 0.1) is 23.6 Å². The Hall–Kier alpha value is -2.99. The SMILES string of the molecule is CCc1onc(C)c1-c1cccc(C2CCN(C(=O)c3cccc(COC)c3)CC2)n1. The van der Waals surface area contributed by atoms with Crippen LogP contribution in [-0.4, -0.2) is 41.1 Å². The number of rotatable bonds is 6. The summed E-state index contributed by atoms with van der Waals surface area (Å²) in [6.45, 7) is 5.99. The summed E-state index contributed by atoms with van der Waals surface area (Å²) in [5.74, 6) is 1.30. The minimum atomic E-state index is 0.0887. The molecule has 0 bridgehead atoms. The van der Waals surface area contributed by atoms with Gasteiger partial charge in [-0.25, -0.2) is 0 Å². The number of hydrogen-bond donors (Lipinski definition) is 0. The summed E-state index contributed by atoms with van der Waals surface area (Å²) in [7, 11) is 1.66. The molecule has 3 heterocycles. The maximum Gasteiger partial charge on any atom is 0.253 e. The van der Waals surface area contributed by atoms with E-state index in [1.807, 2.05) is 42.2 Å². The molecule has 2 aromatic heterocycles. The van der Waals surface area contributed by atoms with Crippen molar-refractivity contribution < 1.29 is 14.1 Å². The van der Waals surface area contributed by atoms with Crippen LogP contribution < -0.4 is 0 Å². The molecule has 0 aliphatic carbocycles. The highest BCUT2D eigenvalue weighted by Crippen LogP contribution is 2.31. The second-order valence-electron chi connectivity index (χ2n) is 8.07. The lowest BCUT2D eigenvalue weighted by Gasteiger charge is -2.32. The molecule has 6 heteroatoms. The molecular formula is C25H29N3O3. The molecule has 0 spiro atoms. The highest BCUT2D eigenvalue weighted by atomic mass is 16.5. The van der Waals surface area contributed by atoms with Crippen molar-refractivity contribution in [2.45, 2.75) is 45.6 Å². The zero-order valence-electron chi connectivity index (χ0n) is 18.4. The predicted molar refractivity (Wildman–Crippen MR) is 119 cm³/mol. The lowest BCUT2D eigenvalue weighted by atomic mass is 9.92. The Kier molecular flexibility index (Phi) is 6.47. The summed E-state index contributed by atoms with van der Waals surface area (Å²) < 4.78 is 10.6. The number of nitrogens with zero attached hydrogens (tertiary/aromatic N) is 3. The Morgan fingerprint density at radius 3 is 2.71 bits per heavy atom. The van der Waals surface area contributed by atoms with Crippen molar-refractivity contribution in [1.82, 2.24) is 15.0 Å². The lowest BCUT2D eigenvalue weighted by Crippen LogP contribution is -2.38. The van der Waals surface area contributed by atoms with Crippen molar-refractivity contribution in [2.75, 3.05) is 20.2 Å². The largest absolute Gasteiger partial charge is 0.380 e. The van der Waals surface area contributed by atoms with Crippen LogP contribution in [0.25, 0.3) is 11.3 Å². The van der Waals surface area contributed by atoms with E-state index in [9.17, 15) is 4.79 Å². The summed E-state index contributed by atoms with van der Waals surface area (Å²) in [5, 5.41) is 4.11. The normalized spacial score (nSPS) is 14.7. The van der Waals surface area contributed by atoms with E-state index in [0.717, 1.165) is 71.9 Å². The number of carbonyl (C=O) groups excluding carboxylic acids is 1. The zero-order valence-corrected chi connectivity index (χ0v) is 18.4. The number of ether oxygens (including phenoxy) is 1. The topological polar surface area (TPSA) is 68.5 Å². The number of benzene rings is 1. The van der Waals surface area contributed by atoms with Gasteiger partial charge in [-0.05, 0) is 49.6 Å². The average Bonchev–Trinajstić information content (AvgIpc) is 3.19. The van der Waals surface area contributed by atoms with E-state index in [4.69, 9.17) is 14.2 Å². The fourth-order valence-corrected chi connectivity index (χ4v) is 4.33. The molecule has 0 N–H and O–H groups in total. The second kappa shape index (κ2) is 9.43. The van der Waals surface area contributed by atoms with Crippen LogP contribution in [0.4, 0.5) is 0 Å². The van der Waals surface area contributed by atoms with Crippen molar-refractivity contribution >= 4 is 5.91 Å². The molecule has 0 atom stereocenters. The maximum atomic E-state index is 13.0. The fourth-order valence-electron chi connectivity index (χ4n) is 4.33. The maximum absolute atomic E-state index is 13.0. The van der Waals surface area contributed by atoms with Crippen molar-refractivity contribution in [3.63, 3.8) is 0 Å². The number of methoxy groups -OCH3 is 1. The first-order chi connectivity index (χ1) is 15.1. The molecule has 1 aliphatic rings. The van der Waals surface area contributed by atoms with E-state index in [0.29, 0.717) is 12.5 Å². The Bertz CT molecular complexity index is 1050. The number of aromatic nitrogens is 2. The van der Waals surface area contributed by atoms with Crippen LogP contribution in [-0.2, 0) is 17.8 Å². The van der Waals surface area contributed by atoms with Crippen molar-refractivity contribution in [3.8, 4) is 11.3 Å². The van der Waals surface area contributed by atoms with Crippen LogP contribution in [0.2, 0.25) is 0 Å². The van der Waals surface area contributed by atoms with Gasteiger partial charge in [0.15, 0.2) is 0 Å². The van der Waals surface area contributed by atoms with Crippen LogP contribution >= 0.6 is 0 Å². The molecule has 1 aliphatic heterocycles. The van der Waals surface area contributed by atoms with Gasteiger partial charge < -0.3 is 14.2 Å². The Morgan fingerprint density at radius 2 is 1.97 bits per heavy atom. The first-order valence-corrected chi connectivity index (χ1v) is 10.9. The highest BCUT2D eigenvalue weighted by molar-refractivity contribution is 5.94. The van der Waals surface area contributed by atoms with Crippen molar-refractivity contribution in [2.24, 2.45) is 0 Å². The third-order valence-electron chi connectivity index (χ3n) is 5.97. The standard InChI is InChI=1S/C25H29N3O3/c1-4-23-24(17(2)27-31-23)22-10-6-9-21(26-22)19-11-13-28(14-12-19)25(29)20-8-5-7-18(15-20)16-30-3/h5-10,15,19H,4,11-14,16H2,1-3H3. The van der Waals surface area contributed by atoms with Gasteiger partial charge in [0.2, 0.25) is 0 Å².